The minimum Gasteiger partial charge on any atom is -0.396 e. The van der Waals surface area contributed by atoms with Gasteiger partial charge >= 0.3 is 6.03 Å². The number of carbonyl (C=O) groups is 1. The molecule has 2 aliphatic heterocycles. The summed E-state index contributed by atoms with van der Waals surface area (Å²) in [5.74, 6) is 0.677. The molecule has 2 heterocycles. The summed E-state index contributed by atoms with van der Waals surface area (Å²) in [5.41, 5.74) is 1.60. The SMILES string of the molecule is CN1[C@@H]2CC[C@H]1CC(NC(=O)Nc1ccccc1/C=N/OCC1CC1)C2. The van der Waals surface area contributed by atoms with Crippen LogP contribution in [0.2, 0.25) is 0 Å². The molecular weight excluding hydrogens is 328 g/mol. The number of rotatable bonds is 6. The molecule has 2 amide bonds. The molecule has 6 nitrogen and oxygen atoms in total. The lowest BCUT2D eigenvalue weighted by Gasteiger charge is -2.36. The van der Waals surface area contributed by atoms with Gasteiger partial charge in [0.05, 0.1) is 11.9 Å². The number of benzene rings is 1. The van der Waals surface area contributed by atoms with Gasteiger partial charge in [-0.1, -0.05) is 23.4 Å². The summed E-state index contributed by atoms with van der Waals surface area (Å²) in [6.07, 6.45) is 8.74. The second kappa shape index (κ2) is 7.66. The van der Waals surface area contributed by atoms with Gasteiger partial charge in [-0.3, -0.25) is 0 Å². The Labute approximate surface area is 155 Å². The van der Waals surface area contributed by atoms with Crippen molar-refractivity contribution in [2.45, 2.75) is 56.7 Å². The van der Waals surface area contributed by atoms with Crippen LogP contribution in [-0.4, -0.2) is 48.9 Å². The summed E-state index contributed by atoms with van der Waals surface area (Å²) >= 11 is 0. The molecule has 1 aliphatic carbocycles. The highest BCUT2D eigenvalue weighted by molar-refractivity contribution is 5.96. The van der Waals surface area contributed by atoms with Gasteiger partial charge in [0.1, 0.15) is 6.61 Å². The lowest BCUT2D eigenvalue weighted by atomic mass is 9.98. The first kappa shape index (κ1) is 17.3. The van der Waals surface area contributed by atoms with Gasteiger partial charge in [-0.2, -0.15) is 0 Å². The lowest BCUT2D eigenvalue weighted by molar-refractivity contribution is 0.135. The van der Waals surface area contributed by atoms with E-state index in [0.717, 1.165) is 24.1 Å². The Hall–Kier alpha value is -2.08. The maximum atomic E-state index is 12.5. The zero-order valence-electron chi connectivity index (χ0n) is 15.4. The fourth-order valence-corrected chi connectivity index (χ4v) is 4.12. The fraction of sp³-hybridized carbons (Fsp3) is 0.600. The smallest absolute Gasteiger partial charge is 0.319 e. The molecule has 4 rings (SSSR count). The van der Waals surface area contributed by atoms with Gasteiger partial charge in [-0.25, -0.2) is 4.79 Å². The molecule has 0 spiro atoms. The quantitative estimate of drug-likeness (QED) is 0.608. The number of urea groups is 1. The van der Waals surface area contributed by atoms with Gasteiger partial charge in [-0.15, -0.1) is 0 Å². The van der Waals surface area contributed by atoms with Crippen LogP contribution in [0.4, 0.5) is 10.5 Å². The van der Waals surface area contributed by atoms with E-state index < -0.39 is 0 Å². The second-order valence-electron chi connectivity index (χ2n) is 7.88. The minimum atomic E-state index is -0.140. The van der Waals surface area contributed by atoms with E-state index in [0.29, 0.717) is 24.6 Å². The summed E-state index contributed by atoms with van der Waals surface area (Å²) in [7, 11) is 2.21. The van der Waals surface area contributed by atoms with E-state index in [1.807, 2.05) is 24.3 Å². The van der Waals surface area contributed by atoms with Crippen LogP contribution in [0.1, 0.15) is 44.1 Å². The van der Waals surface area contributed by atoms with Crippen LogP contribution in [0.3, 0.4) is 0 Å². The number of carbonyl (C=O) groups excluding carboxylic acids is 1. The standard InChI is InChI=1S/C20H28N4O2/c1-24-17-8-9-18(24)11-16(10-17)22-20(25)23-19-5-3-2-4-15(19)12-21-26-13-14-6-7-14/h2-5,12,14,16-18H,6-11,13H2,1H3,(H2,22,23,25)/b21-12+/t16?,17-,18+. The van der Waals surface area contributed by atoms with Crippen LogP contribution in [-0.2, 0) is 4.84 Å². The van der Waals surface area contributed by atoms with Gasteiger partial charge < -0.3 is 20.4 Å². The predicted octanol–water partition coefficient (Wildman–Crippen LogP) is 3.19. The van der Waals surface area contributed by atoms with E-state index in [2.05, 4.69) is 27.7 Å². The van der Waals surface area contributed by atoms with E-state index in [9.17, 15) is 4.79 Å². The molecule has 2 N–H and O–H groups in total. The number of oxime groups is 1. The molecule has 0 aromatic heterocycles. The Balaban J connectivity index is 1.31. The Morgan fingerprint density at radius 1 is 1.23 bits per heavy atom. The van der Waals surface area contributed by atoms with E-state index in [4.69, 9.17) is 4.84 Å². The number of hydrogen-bond donors (Lipinski definition) is 2. The summed E-state index contributed by atoms with van der Waals surface area (Å²) < 4.78 is 0. The molecule has 1 unspecified atom stereocenters. The molecule has 3 atom stereocenters. The van der Waals surface area contributed by atoms with Crippen molar-refractivity contribution in [3.05, 3.63) is 29.8 Å². The van der Waals surface area contributed by atoms with Crippen LogP contribution >= 0.6 is 0 Å². The van der Waals surface area contributed by atoms with Crippen LogP contribution < -0.4 is 10.6 Å². The molecule has 2 bridgehead atoms. The summed E-state index contributed by atoms with van der Waals surface area (Å²) in [6, 6.07) is 9.00. The lowest BCUT2D eigenvalue weighted by Crippen LogP contribution is -2.49. The number of amides is 2. The molecule has 3 aliphatic rings. The predicted molar refractivity (Wildman–Crippen MR) is 102 cm³/mol. The van der Waals surface area contributed by atoms with Crippen molar-refractivity contribution in [3.63, 3.8) is 0 Å². The van der Waals surface area contributed by atoms with Crippen molar-refractivity contribution in [2.75, 3.05) is 19.0 Å². The molecule has 140 valence electrons. The summed E-state index contributed by atoms with van der Waals surface area (Å²) in [4.78, 5) is 20.3. The average molecular weight is 356 g/mol. The average Bonchev–Trinajstić information content (AvgIpc) is 3.42. The van der Waals surface area contributed by atoms with E-state index in [-0.39, 0.29) is 12.1 Å². The molecule has 2 saturated heterocycles. The number of nitrogens with zero attached hydrogens (tertiary/aromatic N) is 2. The van der Waals surface area contributed by atoms with Crippen molar-refractivity contribution in [1.29, 1.82) is 0 Å². The number of fused-ring (bicyclic) bond motifs is 2. The Bertz CT molecular complexity index is 660. The minimum absolute atomic E-state index is 0.140. The first-order valence-corrected chi connectivity index (χ1v) is 9.73. The molecule has 3 fully saturated rings. The topological polar surface area (TPSA) is 66.0 Å². The third kappa shape index (κ3) is 4.18. The Morgan fingerprint density at radius 3 is 2.69 bits per heavy atom. The van der Waals surface area contributed by atoms with Gasteiger partial charge in [0.15, 0.2) is 0 Å². The van der Waals surface area contributed by atoms with Crippen LogP contribution in [0.15, 0.2) is 29.4 Å². The third-order valence-corrected chi connectivity index (χ3v) is 5.92. The summed E-state index contributed by atoms with van der Waals surface area (Å²) in [5, 5.41) is 10.2. The maximum absolute atomic E-state index is 12.5. The van der Waals surface area contributed by atoms with Crippen molar-refractivity contribution in [1.82, 2.24) is 10.2 Å². The number of nitrogens with one attached hydrogen (secondary N) is 2. The first-order valence-electron chi connectivity index (χ1n) is 9.73. The molecule has 26 heavy (non-hydrogen) atoms. The van der Waals surface area contributed by atoms with Gasteiger partial charge in [-0.05, 0) is 57.6 Å². The van der Waals surface area contributed by atoms with E-state index in [1.54, 1.807) is 6.21 Å². The van der Waals surface area contributed by atoms with Gasteiger partial charge in [0.2, 0.25) is 0 Å². The number of anilines is 1. The van der Waals surface area contributed by atoms with Crippen LogP contribution in [0, 0.1) is 5.92 Å². The molecule has 1 aromatic carbocycles. The van der Waals surface area contributed by atoms with Gasteiger partial charge in [0.25, 0.3) is 0 Å². The molecule has 1 aromatic rings. The highest BCUT2D eigenvalue weighted by Gasteiger charge is 2.38. The molecule has 1 saturated carbocycles. The largest absolute Gasteiger partial charge is 0.396 e. The maximum Gasteiger partial charge on any atom is 0.319 e. The van der Waals surface area contributed by atoms with E-state index in [1.165, 1.54) is 25.7 Å². The molecule has 6 heteroatoms. The molecule has 0 radical (unpaired) electrons. The highest BCUT2D eigenvalue weighted by atomic mass is 16.6. The number of hydrogen-bond acceptors (Lipinski definition) is 4. The number of piperidine rings is 1. The zero-order chi connectivity index (χ0) is 17.9. The Kier molecular flexibility index (Phi) is 5.11. The van der Waals surface area contributed by atoms with Crippen molar-refractivity contribution < 1.29 is 9.63 Å². The zero-order valence-corrected chi connectivity index (χ0v) is 15.4. The van der Waals surface area contributed by atoms with Crippen molar-refractivity contribution >= 4 is 17.9 Å². The normalized spacial score (nSPS) is 28.3. The Morgan fingerprint density at radius 2 is 1.96 bits per heavy atom. The van der Waals surface area contributed by atoms with E-state index >= 15 is 0 Å². The molecular formula is C20H28N4O2. The highest BCUT2D eigenvalue weighted by Crippen LogP contribution is 2.34. The van der Waals surface area contributed by atoms with Crippen LogP contribution in [0.5, 0.6) is 0 Å². The second-order valence-corrected chi connectivity index (χ2v) is 7.88. The van der Waals surface area contributed by atoms with Crippen molar-refractivity contribution in [2.24, 2.45) is 11.1 Å². The van der Waals surface area contributed by atoms with Crippen molar-refractivity contribution in [3.8, 4) is 0 Å². The summed E-state index contributed by atoms with van der Waals surface area (Å²) in [6.45, 7) is 0.686. The third-order valence-electron chi connectivity index (χ3n) is 5.92. The van der Waals surface area contributed by atoms with Crippen LogP contribution in [0.25, 0.3) is 0 Å². The monoisotopic (exact) mass is 356 g/mol. The van der Waals surface area contributed by atoms with Gasteiger partial charge in [0, 0.05) is 23.7 Å². The number of para-hydroxylation sites is 1. The fourth-order valence-electron chi connectivity index (χ4n) is 4.12. The first-order chi connectivity index (χ1) is 12.7.